The molecule has 228 valence electrons. The molecule has 8 rings (SSSR count). The summed E-state index contributed by atoms with van der Waals surface area (Å²) in [6.45, 7) is 2.73. The highest BCUT2D eigenvalue weighted by atomic mass is 16.7. The van der Waals surface area contributed by atoms with Crippen molar-refractivity contribution in [3.63, 3.8) is 0 Å². The molecule has 3 aromatic rings. The fraction of sp³-hybridized carbons (Fsp3) is 0.441. The van der Waals surface area contributed by atoms with E-state index >= 15 is 0 Å². The molecule has 3 fully saturated rings. The van der Waals surface area contributed by atoms with Crippen LogP contribution in [0.1, 0.15) is 42.9 Å². The van der Waals surface area contributed by atoms with Gasteiger partial charge >= 0.3 is 0 Å². The first-order valence-electron chi connectivity index (χ1n) is 15.7. The van der Waals surface area contributed by atoms with Gasteiger partial charge in [-0.1, -0.05) is 55.5 Å². The Morgan fingerprint density at radius 1 is 1.16 bits per heavy atom. The normalized spacial score (nSPS) is 32.8. The van der Waals surface area contributed by atoms with Crippen molar-refractivity contribution < 1.29 is 24.2 Å². The highest BCUT2D eigenvalue weighted by Gasteiger charge is 2.70. The third-order valence-electron chi connectivity index (χ3n) is 10.5. The lowest BCUT2D eigenvalue weighted by Gasteiger charge is -2.48. The summed E-state index contributed by atoms with van der Waals surface area (Å²) in [6.07, 6.45) is 6.51. The summed E-state index contributed by atoms with van der Waals surface area (Å²) in [6, 6.07) is 14.2. The Bertz CT molecular complexity index is 1720. The van der Waals surface area contributed by atoms with Gasteiger partial charge in [0.2, 0.25) is 17.5 Å². The standard InChI is InChI=1S/C34H37N5O5/c1-3-33(36-30(40)22-16-24-23-11-7-12-25-29(23)21(18-35-25)17-26(24)37(2)19-22)32(42)39-27(15-20-9-5-4-6-10-20)31(41)38-14-8-13-28(38)34(39,43)44-33/h4-7,9-12,16,18,22,26-28,35,43H,3,8,13-15,17,19H2,1-2H3,(H,36,40). The minimum absolute atomic E-state index is 0.100. The Hall–Kier alpha value is -3.99. The van der Waals surface area contributed by atoms with Crippen LogP contribution in [0, 0.1) is 5.92 Å². The fourth-order valence-corrected chi connectivity index (χ4v) is 8.32. The second kappa shape index (κ2) is 9.76. The van der Waals surface area contributed by atoms with Crippen LogP contribution in [0.25, 0.3) is 16.5 Å². The lowest BCUT2D eigenvalue weighted by Crippen LogP contribution is -2.71. The minimum Gasteiger partial charge on any atom is -0.361 e. The van der Waals surface area contributed by atoms with Crippen molar-refractivity contribution in [3.8, 4) is 0 Å². The van der Waals surface area contributed by atoms with Crippen molar-refractivity contribution in [1.82, 2.24) is 25.0 Å². The van der Waals surface area contributed by atoms with Crippen LogP contribution in [0.4, 0.5) is 0 Å². The Morgan fingerprint density at radius 3 is 2.77 bits per heavy atom. The van der Waals surface area contributed by atoms with Crippen molar-refractivity contribution in [1.29, 1.82) is 0 Å². The number of hydrogen-bond acceptors (Lipinski definition) is 6. The summed E-state index contributed by atoms with van der Waals surface area (Å²) in [5, 5.41) is 16.3. The van der Waals surface area contributed by atoms with Crippen molar-refractivity contribution >= 4 is 34.2 Å². The van der Waals surface area contributed by atoms with E-state index in [1.165, 1.54) is 15.8 Å². The molecule has 0 bridgehead atoms. The summed E-state index contributed by atoms with van der Waals surface area (Å²) >= 11 is 0. The van der Waals surface area contributed by atoms with Crippen molar-refractivity contribution in [2.75, 3.05) is 20.1 Å². The molecule has 3 saturated heterocycles. The van der Waals surface area contributed by atoms with Gasteiger partial charge in [-0.25, -0.2) is 0 Å². The molecule has 10 nitrogen and oxygen atoms in total. The summed E-state index contributed by atoms with van der Waals surface area (Å²) in [5.74, 6) is -3.70. The van der Waals surface area contributed by atoms with E-state index in [-0.39, 0.29) is 30.7 Å². The quantitative estimate of drug-likeness (QED) is 0.417. The molecule has 5 aliphatic rings. The number of nitrogens with zero attached hydrogens (tertiary/aromatic N) is 3. The van der Waals surface area contributed by atoms with Gasteiger partial charge in [-0.2, -0.15) is 0 Å². The van der Waals surface area contributed by atoms with E-state index in [1.807, 2.05) is 49.5 Å². The van der Waals surface area contributed by atoms with E-state index in [0.717, 1.165) is 28.6 Å². The van der Waals surface area contributed by atoms with Crippen LogP contribution in [-0.4, -0.2) is 92.4 Å². The molecule has 0 saturated carbocycles. The molecule has 1 aliphatic carbocycles. The molecular weight excluding hydrogens is 558 g/mol. The maximum Gasteiger partial charge on any atom is 0.281 e. The van der Waals surface area contributed by atoms with Crippen LogP contribution >= 0.6 is 0 Å². The van der Waals surface area contributed by atoms with E-state index in [1.54, 1.807) is 11.8 Å². The topological polar surface area (TPSA) is 118 Å². The predicted octanol–water partition coefficient (Wildman–Crippen LogP) is 2.38. The molecule has 5 heterocycles. The number of hydrogen-bond donors (Lipinski definition) is 3. The number of rotatable bonds is 5. The zero-order valence-electron chi connectivity index (χ0n) is 25.0. The monoisotopic (exact) mass is 595 g/mol. The second-order valence-corrected chi connectivity index (χ2v) is 12.9. The van der Waals surface area contributed by atoms with Gasteiger partial charge in [0, 0.05) is 49.1 Å². The number of aliphatic hydroxyl groups is 1. The molecule has 3 N–H and O–H groups in total. The molecule has 44 heavy (non-hydrogen) atoms. The number of fused-ring (bicyclic) bond motifs is 5. The molecule has 2 aromatic carbocycles. The van der Waals surface area contributed by atoms with Gasteiger partial charge < -0.3 is 20.3 Å². The number of piperazine rings is 1. The molecule has 4 aliphatic heterocycles. The number of aromatic amines is 1. The number of carbonyl (C=O) groups excluding carboxylic acids is 3. The van der Waals surface area contributed by atoms with Crippen molar-refractivity contribution in [2.45, 2.75) is 68.8 Å². The average Bonchev–Trinajstić information content (AvgIpc) is 3.74. The maximum atomic E-state index is 14.4. The van der Waals surface area contributed by atoms with Gasteiger partial charge in [-0.05, 0) is 54.6 Å². The van der Waals surface area contributed by atoms with Crippen LogP contribution in [0.5, 0.6) is 0 Å². The third-order valence-corrected chi connectivity index (χ3v) is 10.5. The van der Waals surface area contributed by atoms with E-state index in [2.05, 4.69) is 33.5 Å². The van der Waals surface area contributed by atoms with Crippen LogP contribution < -0.4 is 5.32 Å². The van der Waals surface area contributed by atoms with E-state index in [0.29, 0.717) is 25.9 Å². The molecule has 6 atom stereocenters. The lowest BCUT2D eigenvalue weighted by atomic mass is 9.79. The van der Waals surface area contributed by atoms with Gasteiger partial charge in [0.05, 0.1) is 5.92 Å². The van der Waals surface area contributed by atoms with E-state index < -0.39 is 35.5 Å². The van der Waals surface area contributed by atoms with Crippen LogP contribution in [0.15, 0.2) is 60.8 Å². The number of amides is 3. The number of benzene rings is 2. The Balaban J connectivity index is 1.13. The lowest BCUT2D eigenvalue weighted by molar-refractivity contribution is -0.317. The van der Waals surface area contributed by atoms with Crippen LogP contribution in [-0.2, 0) is 32.0 Å². The maximum absolute atomic E-state index is 14.4. The van der Waals surface area contributed by atoms with Gasteiger partial charge in [0.15, 0.2) is 0 Å². The smallest absolute Gasteiger partial charge is 0.281 e. The van der Waals surface area contributed by atoms with Gasteiger partial charge in [0.25, 0.3) is 11.8 Å². The highest BCUT2D eigenvalue weighted by molar-refractivity contribution is 6.01. The first-order chi connectivity index (χ1) is 21.2. The number of aromatic nitrogens is 1. The zero-order chi connectivity index (χ0) is 30.4. The number of nitrogens with one attached hydrogen (secondary N) is 2. The molecule has 6 unspecified atom stereocenters. The van der Waals surface area contributed by atoms with E-state index in [9.17, 15) is 19.5 Å². The number of likely N-dealkylation sites (N-methyl/N-ethyl adjacent to an activating group) is 1. The van der Waals surface area contributed by atoms with Crippen molar-refractivity contribution in [2.24, 2.45) is 5.92 Å². The summed E-state index contributed by atoms with van der Waals surface area (Å²) < 4.78 is 6.38. The molecule has 1 aromatic heterocycles. The first-order valence-corrected chi connectivity index (χ1v) is 15.7. The van der Waals surface area contributed by atoms with Crippen molar-refractivity contribution in [3.05, 3.63) is 77.5 Å². The third kappa shape index (κ3) is 3.80. The predicted molar refractivity (Wildman–Crippen MR) is 163 cm³/mol. The molecule has 0 radical (unpaired) electrons. The molecule has 0 spiro atoms. The fourth-order valence-electron chi connectivity index (χ4n) is 8.32. The molecular formula is C34H37N5O5. The molecule has 3 amide bonds. The highest BCUT2D eigenvalue weighted by Crippen LogP contribution is 2.47. The van der Waals surface area contributed by atoms with Crippen LogP contribution in [0.3, 0.4) is 0 Å². The number of H-pyrrole nitrogens is 1. The Labute approximate surface area is 255 Å². The SMILES string of the molecule is CCC1(NC(=O)C2C=C3c4cccc5[nH]cc(c45)CC3N(C)C2)OC2(O)C3CCCN3C(=O)C(Cc3ccccc3)N2C1=O. The number of ether oxygens (including phenoxy) is 1. The van der Waals surface area contributed by atoms with Gasteiger partial charge in [-0.15, -0.1) is 0 Å². The largest absolute Gasteiger partial charge is 0.361 e. The minimum atomic E-state index is -2.04. The van der Waals surface area contributed by atoms with Crippen LogP contribution in [0.2, 0.25) is 0 Å². The summed E-state index contributed by atoms with van der Waals surface area (Å²) in [4.78, 5) is 50.8. The van der Waals surface area contributed by atoms with Gasteiger partial charge in [0.1, 0.15) is 12.1 Å². The Kier molecular flexibility index (Phi) is 6.11. The summed E-state index contributed by atoms with van der Waals surface area (Å²) in [5.41, 5.74) is 3.64. The first kappa shape index (κ1) is 27.6. The number of carbonyl (C=O) groups is 3. The Morgan fingerprint density at radius 2 is 1.98 bits per heavy atom. The van der Waals surface area contributed by atoms with E-state index in [4.69, 9.17) is 4.74 Å². The zero-order valence-corrected chi connectivity index (χ0v) is 25.0. The molecule has 10 heteroatoms. The second-order valence-electron chi connectivity index (χ2n) is 12.9. The average molecular weight is 596 g/mol. The summed E-state index contributed by atoms with van der Waals surface area (Å²) in [7, 11) is 2.03. The van der Waals surface area contributed by atoms with Gasteiger partial charge in [-0.3, -0.25) is 28.9 Å².